The third-order valence-corrected chi connectivity index (χ3v) is 4.95. The van der Waals surface area contributed by atoms with E-state index in [1.807, 2.05) is 36.4 Å². The number of hydrogen-bond acceptors (Lipinski definition) is 4. The molecular weight excluding hydrogens is 428 g/mol. The van der Waals surface area contributed by atoms with Gasteiger partial charge in [-0.15, -0.1) is 6.58 Å². The van der Waals surface area contributed by atoms with Crippen LogP contribution in [0.4, 0.5) is 0 Å². The van der Waals surface area contributed by atoms with Gasteiger partial charge >= 0.3 is 0 Å². The molecule has 0 unspecified atom stereocenters. The highest BCUT2D eigenvalue weighted by Gasteiger charge is 2.22. The van der Waals surface area contributed by atoms with Gasteiger partial charge in [0.1, 0.15) is 18.1 Å². The van der Waals surface area contributed by atoms with Crippen LogP contribution in [0.1, 0.15) is 11.3 Å². The van der Waals surface area contributed by atoms with Gasteiger partial charge < -0.3 is 19.0 Å². The Labute approximate surface area is 192 Å². The topological polar surface area (TPSA) is 63.0 Å². The highest BCUT2D eigenvalue weighted by molar-refractivity contribution is 6.30. The molecule has 32 heavy (non-hydrogen) atoms. The number of amides is 2. The molecule has 2 amide bonds. The van der Waals surface area contributed by atoms with Crippen LogP contribution in [0.5, 0.6) is 5.75 Å². The van der Waals surface area contributed by atoms with Crippen molar-refractivity contribution in [2.24, 2.45) is 0 Å². The third kappa shape index (κ3) is 7.03. The number of halogens is 1. The van der Waals surface area contributed by atoms with Gasteiger partial charge in [0.2, 0.25) is 5.91 Å². The molecule has 3 aromatic rings. The number of nitrogens with zero attached hydrogens (tertiary/aromatic N) is 2. The summed E-state index contributed by atoms with van der Waals surface area (Å²) in [4.78, 5) is 29.0. The fourth-order valence-electron chi connectivity index (χ4n) is 3.07. The van der Waals surface area contributed by atoms with Crippen molar-refractivity contribution in [3.05, 3.63) is 102 Å². The molecule has 0 N–H and O–H groups in total. The van der Waals surface area contributed by atoms with Crippen LogP contribution in [0.25, 0.3) is 0 Å². The molecule has 0 spiro atoms. The van der Waals surface area contributed by atoms with Crippen molar-refractivity contribution in [1.29, 1.82) is 0 Å². The maximum atomic E-state index is 13.2. The summed E-state index contributed by atoms with van der Waals surface area (Å²) in [5.74, 6) is 0.677. The maximum absolute atomic E-state index is 13.2. The highest BCUT2D eigenvalue weighted by atomic mass is 35.5. The first-order valence-corrected chi connectivity index (χ1v) is 10.5. The van der Waals surface area contributed by atoms with Gasteiger partial charge in [-0.2, -0.15) is 0 Å². The van der Waals surface area contributed by atoms with E-state index in [9.17, 15) is 9.59 Å². The van der Waals surface area contributed by atoms with Crippen molar-refractivity contribution in [2.45, 2.75) is 13.1 Å². The molecule has 0 aliphatic heterocycles. The van der Waals surface area contributed by atoms with Gasteiger partial charge in [0.25, 0.3) is 5.91 Å². The Hall–Kier alpha value is -3.51. The van der Waals surface area contributed by atoms with Crippen LogP contribution in [0.2, 0.25) is 5.02 Å². The summed E-state index contributed by atoms with van der Waals surface area (Å²) in [6.45, 7) is 4.35. The van der Waals surface area contributed by atoms with Crippen LogP contribution in [0.15, 0.2) is 90.1 Å². The van der Waals surface area contributed by atoms with Crippen molar-refractivity contribution in [2.75, 3.05) is 19.7 Å². The molecule has 2 aromatic carbocycles. The summed E-state index contributed by atoms with van der Waals surface area (Å²) in [5.41, 5.74) is 0.986. The normalized spacial score (nSPS) is 10.4. The zero-order valence-corrected chi connectivity index (χ0v) is 18.4. The number of benzene rings is 2. The smallest absolute Gasteiger partial charge is 0.261 e. The van der Waals surface area contributed by atoms with E-state index in [1.165, 1.54) is 4.90 Å². The first-order chi connectivity index (χ1) is 15.5. The zero-order chi connectivity index (χ0) is 22.8. The second kappa shape index (κ2) is 11.8. The molecule has 0 saturated carbocycles. The Bertz CT molecular complexity index is 1000. The molecule has 166 valence electrons. The lowest BCUT2D eigenvalue weighted by atomic mass is 10.2. The van der Waals surface area contributed by atoms with Crippen molar-refractivity contribution < 1.29 is 18.7 Å². The lowest BCUT2D eigenvalue weighted by Gasteiger charge is -2.27. The van der Waals surface area contributed by atoms with E-state index in [1.54, 1.807) is 47.6 Å². The summed E-state index contributed by atoms with van der Waals surface area (Å²) in [5, 5.41) is 0.581. The van der Waals surface area contributed by atoms with Gasteiger partial charge in [0, 0.05) is 18.1 Å². The fraction of sp³-hybridized carbons (Fsp3) is 0.200. The van der Waals surface area contributed by atoms with Gasteiger partial charge in [-0.05, 0) is 42.0 Å². The van der Waals surface area contributed by atoms with E-state index in [2.05, 4.69) is 6.58 Å². The summed E-state index contributed by atoms with van der Waals surface area (Å²) in [7, 11) is 0. The number of carbonyl (C=O) groups excluding carboxylic acids is 2. The van der Waals surface area contributed by atoms with Gasteiger partial charge in [0.15, 0.2) is 6.61 Å². The number of rotatable bonds is 11. The van der Waals surface area contributed by atoms with Crippen LogP contribution in [0, 0.1) is 0 Å². The number of carbonyl (C=O) groups is 2. The lowest BCUT2D eigenvalue weighted by molar-refractivity contribution is -0.142. The molecule has 0 fully saturated rings. The summed E-state index contributed by atoms with van der Waals surface area (Å²) >= 11 is 5.87. The summed E-state index contributed by atoms with van der Waals surface area (Å²) < 4.78 is 11.0. The van der Waals surface area contributed by atoms with Gasteiger partial charge in [0.05, 0.1) is 12.8 Å². The standard InChI is InChI=1S/C25H25ClN2O4/c1-2-14-27(25(30)19-32-22-12-10-21(26)11-13-22)18-24(29)28(17-23-9-6-15-31-23)16-20-7-4-3-5-8-20/h2-13,15H,1,14,16-19H2. The molecule has 7 heteroatoms. The lowest BCUT2D eigenvalue weighted by Crippen LogP contribution is -2.44. The molecule has 1 aromatic heterocycles. The molecule has 0 aliphatic carbocycles. The first-order valence-electron chi connectivity index (χ1n) is 10.2. The zero-order valence-electron chi connectivity index (χ0n) is 17.7. The number of furan rings is 1. The Morgan fingerprint density at radius 3 is 2.34 bits per heavy atom. The molecule has 3 rings (SSSR count). The quantitative estimate of drug-likeness (QED) is 0.400. The monoisotopic (exact) mass is 452 g/mol. The summed E-state index contributed by atoms with van der Waals surface area (Å²) in [6.07, 6.45) is 3.16. The minimum Gasteiger partial charge on any atom is -0.484 e. The largest absolute Gasteiger partial charge is 0.484 e. The molecule has 0 radical (unpaired) electrons. The van der Waals surface area contributed by atoms with Crippen LogP contribution in [-0.2, 0) is 22.7 Å². The SMILES string of the molecule is C=CCN(CC(=O)N(Cc1ccccc1)Cc1ccco1)C(=O)COc1ccc(Cl)cc1. The van der Waals surface area contributed by atoms with E-state index in [-0.39, 0.29) is 31.5 Å². The molecule has 0 saturated heterocycles. The predicted molar refractivity (Wildman–Crippen MR) is 123 cm³/mol. The fourth-order valence-corrected chi connectivity index (χ4v) is 3.19. The Morgan fingerprint density at radius 1 is 0.938 bits per heavy atom. The minimum absolute atomic E-state index is 0.0949. The molecule has 1 heterocycles. The maximum Gasteiger partial charge on any atom is 0.261 e. The van der Waals surface area contributed by atoms with E-state index < -0.39 is 0 Å². The number of hydrogen-bond donors (Lipinski definition) is 0. The van der Waals surface area contributed by atoms with Gasteiger partial charge in [-0.25, -0.2) is 0 Å². The molecule has 0 aliphatic rings. The van der Waals surface area contributed by atoms with Crippen LogP contribution >= 0.6 is 11.6 Å². The molecular formula is C25H25ClN2O4. The van der Waals surface area contributed by atoms with Crippen molar-refractivity contribution >= 4 is 23.4 Å². The number of ether oxygens (including phenoxy) is 1. The average molecular weight is 453 g/mol. The third-order valence-electron chi connectivity index (χ3n) is 4.70. The Morgan fingerprint density at radius 2 is 1.69 bits per heavy atom. The Kier molecular flexibility index (Phi) is 8.52. The first kappa shape index (κ1) is 23.2. The second-order valence-electron chi connectivity index (χ2n) is 7.12. The van der Waals surface area contributed by atoms with E-state index >= 15 is 0 Å². The van der Waals surface area contributed by atoms with Crippen LogP contribution in [0.3, 0.4) is 0 Å². The van der Waals surface area contributed by atoms with Crippen LogP contribution < -0.4 is 4.74 Å². The van der Waals surface area contributed by atoms with Crippen LogP contribution in [-0.4, -0.2) is 41.3 Å². The van der Waals surface area contributed by atoms with E-state index in [4.69, 9.17) is 20.8 Å². The van der Waals surface area contributed by atoms with Gasteiger partial charge in [-0.1, -0.05) is 48.0 Å². The summed E-state index contributed by atoms with van der Waals surface area (Å²) in [6, 6.07) is 20.0. The highest BCUT2D eigenvalue weighted by Crippen LogP contribution is 2.16. The molecule has 0 bridgehead atoms. The Balaban J connectivity index is 1.66. The van der Waals surface area contributed by atoms with Crippen molar-refractivity contribution in [1.82, 2.24) is 9.80 Å². The van der Waals surface area contributed by atoms with Crippen molar-refractivity contribution in [3.63, 3.8) is 0 Å². The van der Waals surface area contributed by atoms with Gasteiger partial charge in [-0.3, -0.25) is 9.59 Å². The predicted octanol–water partition coefficient (Wildman–Crippen LogP) is 4.56. The molecule has 6 nitrogen and oxygen atoms in total. The van der Waals surface area contributed by atoms with E-state index in [0.29, 0.717) is 29.6 Å². The minimum atomic E-state index is -0.314. The van der Waals surface area contributed by atoms with Crippen molar-refractivity contribution in [3.8, 4) is 5.75 Å². The van der Waals surface area contributed by atoms with E-state index in [0.717, 1.165) is 5.56 Å². The average Bonchev–Trinajstić information content (AvgIpc) is 3.31. The molecule has 0 atom stereocenters. The second-order valence-corrected chi connectivity index (χ2v) is 7.56.